The fourth-order valence-electron chi connectivity index (χ4n) is 2.42. The molecule has 0 fully saturated rings. The van der Waals surface area contributed by atoms with E-state index in [1.165, 1.54) is 5.56 Å². The quantitative estimate of drug-likeness (QED) is 0.598. The maximum absolute atomic E-state index is 4.27. The van der Waals surface area contributed by atoms with Gasteiger partial charge in [0, 0.05) is 38.8 Å². The molecule has 0 atom stereocenters. The third-order valence-electron chi connectivity index (χ3n) is 3.52. The number of nitrogens with one attached hydrogen (secondary N) is 2. The zero-order valence-corrected chi connectivity index (χ0v) is 14.1. The Morgan fingerprint density at radius 3 is 2.19 bits per heavy atom. The molecule has 1 aromatic rings. The molecule has 1 aromatic carbocycles. The maximum Gasteiger partial charge on any atom is 0.191 e. The van der Waals surface area contributed by atoms with Crippen LogP contribution in [0.3, 0.4) is 0 Å². The Labute approximate surface area is 129 Å². The van der Waals surface area contributed by atoms with Crippen molar-refractivity contribution in [3.05, 3.63) is 35.9 Å². The highest BCUT2D eigenvalue weighted by Crippen LogP contribution is 2.03. The summed E-state index contributed by atoms with van der Waals surface area (Å²) in [6.45, 7) is 11.7. The Bertz CT molecular complexity index is 404. The molecule has 0 heterocycles. The van der Waals surface area contributed by atoms with Gasteiger partial charge in [-0.1, -0.05) is 30.3 Å². The van der Waals surface area contributed by atoms with E-state index < -0.39 is 0 Å². The molecular weight excluding hydrogens is 260 g/mol. The highest BCUT2D eigenvalue weighted by atomic mass is 15.2. The van der Waals surface area contributed by atoms with Gasteiger partial charge in [-0.25, -0.2) is 0 Å². The Morgan fingerprint density at radius 2 is 1.67 bits per heavy atom. The van der Waals surface area contributed by atoms with Crippen LogP contribution in [0, 0.1) is 0 Å². The molecule has 118 valence electrons. The molecule has 0 radical (unpaired) electrons. The summed E-state index contributed by atoms with van der Waals surface area (Å²) in [6.07, 6.45) is 0. The highest BCUT2D eigenvalue weighted by Gasteiger charge is 2.12. The molecule has 0 spiro atoms. The van der Waals surface area contributed by atoms with E-state index >= 15 is 0 Å². The number of rotatable bonds is 7. The van der Waals surface area contributed by atoms with E-state index in [1.807, 2.05) is 13.1 Å². The molecule has 2 N–H and O–H groups in total. The van der Waals surface area contributed by atoms with Gasteiger partial charge in [-0.05, 0) is 33.3 Å². The molecule has 0 aromatic heterocycles. The Kier molecular flexibility index (Phi) is 7.83. The van der Waals surface area contributed by atoms with E-state index in [-0.39, 0.29) is 0 Å². The molecule has 0 aliphatic heterocycles. The first-order valence-corrected chi connectivity index (χ1v) is 7.78. The van der Waals surface area contributed by atoms with E-state index in [0.29, 0.717) is 12.1 Å². The minimum absolute atomic E-state index is 0.561. The van der Waals surface area contributed by atoms with Crippen LogP contribution >= 0.6 is 0 Å². The molecule has 4 nitrogen and oxygen atoms in total. The van der Waals surface area contributed by atoms with Crippen molar-refractivity contribution in [3.63, 3.8) is 0 Å². The zero-order chi connectivity index (χ0) is 15.7. The minimum atomic E-state index is 0.561. The number of hydrogen-bond acceptors (Lipinski definition) is 2. The maximum atomic E-state index is 4.27. The van der Waals surface area contributed by atoms with Crippen LogP contribution < -0.4 is 10.6 Å². The van der Waals surface area contributed by atoms with E-state index in [4.69, 9.17) is 0 Å². The molecule has 0 aliphatic rings. The average Bonchev–Trinajstić information content (AvgIpc) is 2.46. The SMILES string of the molecule is CN=C(NCCN(C(C)C)C(C)C)NCc1ccccc1. The lowest BCUT2D eigenvalue weighted by atomic mass is 10.2. The van der Waals surface area contributed by atoms with Gasteiger partial charge in [0.1, 0.15) is 0 Å². The first kappa shape index (κ1) is 17.5. The smallest absolute Gasteiger partial charge is 0.191 e. The van der Waals surface area contributed by atoms with Crippen molar-refractivity contribution in [1.29, 1.82) is 0 Å². The van der Waals surface area contributed by atoms with Crippen LogP contribution in [0.4, 0.5) is 0 Å². The summed E-state index contributed by atoms with van der Waals surface area (Å²) < 4.78 is 0. The van der Waals surface area contributed by atoms with Gasteiger partial charge in [-0.3, -0.25) is 9.89 Å². The molecule has 0 unspecified atom stereocenters. The molecule has 21 heavy (non-hydrogen) atoms. The number of aliphatic imine (C=N–C) groups is 1. The van der Waals surface area contributed by atoms with E-state index in [9.17, 15) is 0 Å². The summed E-state index contributed by atoms with van der Waals surface area (Å²) in [7, 11) is 1.81. The molecule has 1 rings (SSSR count). The Hall–Kier alpha value is -1.55. The fraction of sp³-hybridized carbons (Fsp3) is 0.588. The van der Waals surface area contributed by atoms with Crippen molar-refractivity contribution in [2.75, 3.05) is 20.1 Å². The first-order valence-electron chi connectivity index (χ1n) is 7.78. The first-order chi connectivity index (χ1) is 10.0. The van der Waals surface area contributed by atoms with Crippen LogP contribution in [0.2, 0.25) is 0 Å². The van der Waals surface area contributed by atoms with Gasteiger partial charge in [0.25, 0.3) is 0 Å². The largest absolute Gasteiger partial charge is 0.355 e. The van der Waals surface area contributed by atoms with Crippen LogP contribution in [-0.4, -0.2) is 43.1 Å². The molecule has 0 amide bonds. The predicted octanol–water partition coefficient (Wildman–Crippen LogP) is 2.47. The van der Waals surface area contributed by atoms with Gasteiger partial charge >= 0.3 is 0 Å². The van der Waals surface area contributed by atoms with Crippen LogP contribution in [0.25, 0.3) is 0 Å². The second kappa shape index (κ2) is 9.40. The van der Waals surface area contributed by atoms with Gasteiger partial charge in [0.2, 0.25) is 0 Å². The molecule has 4 heteroatoms. The second-order valence-corrected chi connectivity index (χ2v) is 5.76. The summed E-state index contributed by atoms with van der Waals surface area (Å²) in [5, 5.41) is 6.72. The van der Waals surface area contributed by atoms with E-state index in [2.05, 4.69) is 72.5 Å². The number of benzene rings is 1. The van der Waals surface area contributed by atoms with Gasteiger partial charge < -0.3 is 10.6 Å². The molecule has 0 aliphatic carbocycles. The van der Waals surface area contributed by atoms with Gasteiger partial charge in [-0.15, -0.1) is 0 Å². The lowest BCUT2D eigenvalue weighted by molar-refractivity contribution is 0.178. The monoisotopic (exact) mass is 290 g/mol. The zero-order valence-electron chi connectivity index (χ0n) is 14.1. The number of nitrogens with zero attached hydrogens (tertiary/aromatic N) is 2. The standard InChI is InChI=1S/C17H30N4/c1-14(2)21(15(3)4)12-11-19-17(18-5)20-13-16-9-7-6-8-10-16/h6-10,14-15H,11-13H2,1-5H3,(H2,18,19,20). The topological polar surface area (TPSA) is 39.7 Å². The van der Waals surface area contributed by atoms with Gasteiger partial charge in [0.15, 0.2) is 5.96 Å². The number of guanidine groups is 1. The molecule has 0 bridgehead atoms. The van der Waals surface area contributed by atoms with E-state index in [0.717, 1.165) is 25.6 Å². The normalized spacial score (nSPS) is 12.3. The van der Waals surface area contributed by atoms with Gasteiger partial charge in [-0.2, -0.15) is 0 Å². The van der Waals surface area contributed by atoms with Crippen molar-refractivity contribution in [2.45, 2.75) is 46.3 Å². The molecule has 0 saturated heterocycles. The Balaban J connectivity index is 2.35. The highest BCUT2D eigenvalue weighted by molar-refractivity contribution is 5.79. The lowest BCUT2D eigenvalue weighted by Crippen LogP contribution is -2.45. The van der Waals surface area contributed by atoms with Crippen molar-refractivity contribution >= 4 is 5.96 Å². The third kappa shape index (κ3) is 6.63. The van der Waals surface area contributed by atoms with Crippen LogP contribution in [0.1, 0.15) is 33.3 Å². The average molecular weight is 290 g/mol. The summed E-state index contributed by atoms with van der Waals surface area (Å²) >= 11 is 0. The fourth-order valence-corrected chi connectivity index (χ4v) is 2.42. The summed E-state index contributed by atoms with van der Waals surface area (Å²) in [5.41, 5.74) is 1.26. The van der Waals surface area contributed by atoms with Crippen molar-refractivity contribution in [2.24, 2.45) is 4.99 Å². The van der Waals surface area contributed by atoms with Crippen LogP contribution in [0.5, 0.6) is 0 Å². The molecular formula is C17H30N4. The van der Waals surface area contributed by atoms with Crippen molar-refractivity contribution in [3.8, 4) is 0 Å². The summed E-state index contributed by atoms with van der Waals surface area (Å²) in [5.74, 6) is 0.853. The predicted molar refractivity (Wildman–Crippen MR) is 91.6 cm³/mol. The lowest BCUT2D eigenvalue weighted by Gasteiger charge is -2.30. The third-order valence-corrected chi connectivity index (χ3v) is 3.52. The summed E-state index contributed by atoms with van der Waals surface area (Å²) in [4.78, 5) is 6.74. The second-order valence-electron chi connectivity index (χ2n) is 5.76. The van der Waals surface area contributed by atoms with E-state index in [1.54, 1.807) is 0 Å². The molecule has 0 saturated carbocycles. The number of hydrogen-bond donors (Lipinski definition) is 2. The summed E-state index contributed by atoms with van der Waals surface area (Å²) in [6, 6.07) is 11.5. The van der Waals surface area contributed by atoms with Gasteiger partial charge in [0.05, 0.1) is 0 Å². The minimum Gasteiger partial charge on any atom is -0.355 e. The van der Waals surface area contributed by atoms with Crippen molar-refractivity contribution < 1.29 is 0 Å². The van der Waals surface area contributed by atoms with Crippen molar-refractivity contribution in [1.82, 2.24) is 15.5 Å². The van der Waals surface area contributed by atoms with Crippen LogP contribution in [-0.2, 0) is 6.54 Å². The van der Waals surface area contributed by atoms with Crippen LogP contribution in [0.15, 0.2) is 35.3 Å². The Morgan fingerprint density at radius 1 is 1.05 bits per heavy atom.